The molecule has 0 saturated heterocycles. The first-order valence-corrected chi connectivity index (χ1v) is 7.44. The number of nitrogens with zero attached hydrogens (tertiary/aromatic N) is 1. The molecule has 0 aromatic carbocycles. The molecule has 0 fully saturated rings. The second-order valence-electron chi connectivity index (χ2n) is 4.68. The number of hydrogen-bond donors (Lipinski definition) is 2. The number of aliphatic hydroxyl groups is 1. The van der Waals surface area contributed by atoms with E-state index in [2.05, 4.69) is 17.5 Å². The van der Waals surface area contributed by atoms with E-state index in [-0.39, 0.29) is 16.6 Å². The van der Waals surface area contributed by atoms with E-state index in [1.807, 2.05) is 13.8 Å². The Kier molecular flexibility index (Phi) is 9.90. The lowest BCUT2D eigenvalue weighted by Gasteiger charge is -2.29. The molecule has 3 unspecified atom stereocenters. The highest BCUT2D eigenvalue weighted by molar-refractivity contribution is 8.10. The fourth-order valence-electron chi connectivity index (χ4n) is 1.85. The molecule has 0 saturated carbocycles. The molecule has 19 heavy (non-hydrogen) atoms. The number of ether oxygens (including phenoxy) is 2. The van der Waals surface area contributed by atoms with Crippen molar-refractivity contribution in [1.82, 2.24) is 4.90 Å². The van der Waals surface area contributed by atoms with Gasteiger partial charge in [0.1, 0.15) is 12.2 Å². The summed E-state index contributed by atoms with van der Waals surface area (Å²) in [7, 11) is 0. The molecule has 0 rings (SSSR count). The van der Waals surface area contributed by atoms with Gasteiger partial charge in [0.2, 0.25) is 4.38 Å². The Balaban J connectivity index is 4.36. The van der Waals surface area contributed by atoms with Crippen LogP contribution in [0.3, 0.4) is 0 Å². The van der Waals surface area contributed by atoms with Crippen LogP contribution in [-0.4, -0.2) is 57.4 Å². The molecule has 0 aliphatic carbocycles. The largest absolute Gasteiger partial charge is 0.483 e. The molecule has 1 N–H and O–H groups in total. The maximum absolute atomic E-state index is 9.52. The fourth-order valence-corrected chi connectivity index (χ4v) is 2.36. The summed E-state index contributed by atoms with van der Waals surface area (Å²) in [4.78, 5) is 2.06. The quantitative estimate of drug-likeness (QED) is 0.526. The molecule has 0 amide bonds. The van der Waals surface area contributed by atoms with Crippen LogP contribution in [0.1, 0.15) is 27.7 Å². The SMILES string of the molecule is CC(=S)OC(C)CN(CC(C)O)CC(C)OC(=S)S. The van der Waals surface area contributed by atoms with Gasteiger partial charge in [0.25, 0.3) is 0 Å². The predicted octanol–water partition coefficient (Wildman–Crippen LogP) is 2.04. The van der Waals surface area contributed by atoms with Crippen LogP contribution in [0.15, 0.2) is 0 Å². The van der Waals surface area contributed by atoms with Gasteiger partial charge in [-0.25, -0.2) is 0 Å². The van der Waals surface area contributed by atoms with Crippen molar-refractivity contribution in [2.45, 2.75) is 46.0 Å². The first-order valence-electron chi connectivity index (χ1n) is 6.18. The van der Waals surface area contributed by atoms with Crippen LogP contribution in [0.4, 0.5) is 0 Å². The van der Waals surface area contributed by atoms with Crippen molar-refractivity contribution in [3.05, 3.63) is 0 Å². The number of aliphatic hydroxyl groups excluding tert-OH is 1. The van der Waals surface area contributed by atoms with Crippen molar-refractivity contribution >= 4 is 46.5 Å². The molecule has 0 aliphatic rings. The third-order valence-electron chi connectivity index (χ3n) is 2.22. The summed E-state index contributed by atoms with van der Waals surface area (Å²) < 4.78 is 11.0. The molecule has 4 nitrogen and oxygen atoms in total. The van der Waals surface area contributed by atoms with Crippen LogP contribution in [0.2, 0.25) is 0 Å². The molecule has 0 aromatic heterocycles. The zero-order valence-electron chi connectivity index (χ0n) is 11.8. The van der Waals surface area contributed by atoms with E-state index in [1.54, 1.807) is 13.8 Å². The lowest BCUT2D eigenvalue weighted by molar-refractivity contribution is 0.0625. The summed E-state index contributed by atoms with van der Waals surface area (Å²) in [6.45, 7) is 9.18. The van der Waals surface area contributed by atoms with Gasteiger partial charge in [-0.2, -0.15) is 0 Å². The average molecular weight is 326 g/mol. The van der Waals surface area contributed by atoms with Crippen molar-refractivity contribution < 1.29 is 14.6 Å². The molecule has 3 atom stereocenters. The highest BCUT2D eigenvalue weighted by Crippen LogP contribution is 2.05. The fraction of sp³-hybridized carbons (Fsp3) is 0.833. The minimum Gasteiger partial charge on any atom is -0.483 e. The van der Waals surface area contributed by atoms with Gasteiger partial charge >= 0.3 is 0 Å². The van der Waals surface area contributed by atoms with Crippen molar-refractivity contribution in [3.63, 3.8) is 0 Å². The summed E-state index contributed by atoms with van der Waals surface area (Å²) in [6, 6.07) is 0. The van der Waals surface area contributed by atoms with Crippen LogP contribution in [0.25, 0.3) is 0 Å². The molecule has 0 bridgehead atoms. The van der Waals surface area contributed by atoms with Gasteiger partial charge in [0.15, 0.2) is 5.05 Å². The van der Waals surface area contributed by atoms with E-state index in [0.29, 0.717) is 24.7 Å². The molecule has 7 heteroatoms. The summed E-state index contributed by atoms with van der Waals surface area (Å²) >= 11 is 13.6. The molecule has 0 radical (unpaired) electrons. The van der Waals surface area contributed by atoms with Crippen molar-refractivity contribution in [2.75, 3.05) is 19.6 Å². The van der Waals surface area contributed by atoms with Gasteiger partial charge in [-0.05, 0) is 45.2 Å². The highest BCUT2D eigenvalue weighted by atomic mass is 32.1. The smallest absolute Gasteiger partial charge is 0.217 e. The molecule has 0 heterocycles. The lowest BCUT2D eigenvalue weighted by Crippen LogP contribution is -2.42. The molecule has 0 aliphatic heterocycles. The lowest BCUT2D eigenvalue weighted by atomic mass is 10.2. The van der Waals surface area contributed by atoms with Crippen LogP contribution in [0, 0.1) is 0 Å². The van der Waals surface area contributed by atoms with Gasteiger partial charge in [-0.15, -0.1) is 0 Å². The summed E-state index contributed by atoms with van der Waals surface area (Å²) in [5, 5.41) is 10.0. The van der Waals surface area contributed by atoms with Crippen LogP contribution in [0.5, 0.6) is 0 Å². The average Bonchev–Trinajstić information content (AvgIpc) is 2.11. The Hall–Kier alpha value is 0.0500. The van der Waals surface area contributed by atoms with E-state index in [9.17, 15) is 5.11 Å². The maximum atomic E-state index is 9.52. The van der Waals surface area contributed by atoms with Crippen LogP contribution in [-0.2, 0) is 9.47 Å². The first kappa shape index (κ1) is 19.1. The second kappa shape index (κ2) is 9.88. The van der Waals surface area contributed by atoms with Crippen molar-refractivity contribution in [3.8, 4) is 0 Å². The Bertz CT molecular complexity index is 276. The monoisotopic (exact) mass is 325 g/mol. The number of thiol groups is 1. The normalized spacial score (nSPS) is 15.7. The van der Waals surface area contributed by atoms with Crippen molar-refractivity contribution in [1.29, 1.82) is 0 Å². The Morgan fingerprint density at radius 1 is 1.11 bits per heavy atom. The molecule has 0 spiro atoms. The van der Waals surface area contributed by atoms with Crippen molar-refractivity contribution in [2.24, 2.45) is 0 Å². The summed E-state index contributed by atoms with van der Waals surface area (Å²) in [5.41, 5.74) is 0. The Morgan fingerprint density at radius 2 is 1.58 bits per heavy atom. The maximum Gasteiger partial charge on any atom is 0.217 e. The second-order valence-corrected chi connectivity index (χ2v) is 6.34. The minimum absolute atomic E-state index is 0.0357. The third-order valence-corrected chi connectivity index (χ3v) is 2.52. The van der Waals surface area contributed by atoms with E-state index >= 15 is 0 Å². The number of thiocarbonyl (C=S) groups is 2. The third kappa shape index (κ3) is 11.6. The topological polar surface area (TPSA) is 41.9 Å². The minimum atomic E-state index is -0.420. The molecular weight excluding hydrogens is 302 g/mol. The van der Waals surface area contributed by atoms with Gasteiger partial charge < -0.3 is 14.6 Å². The highest BCUT2D eigenvalue weighted by Gasteiger charge is 2.17. The molecular formula is C12H23NO3S3. The van der Waals surface area contributed by atoms with E-state index < -0.39 is 6.10 Å². The van der Waals surface area contributed by atoms with Gasteiger partial charge in [0.05, 0.1) is 6.10 Å². The van der Waals surface area contributed by atoms with Gasteiger partial charge in [-0.1, -0.05) is 12.6 Å². The zero-order valence-corrected chi connectivity index (χ0v) is 14.4. The standard InChI is InChI=1S/C12H23NO3S3/c1-8(14)5-13(6-9(2)15-11(4)17)7-10(3)16-12(18)19/h8-10,14H,5-7H2,1-4H3,(H,18,19). The number of rotatable bonds is 8. The van der Waals surface area contributed by atoms with E-state index in [1.165, 1.54) is 0 Å². The summed E-state index contributed by atoms with van der Waals surface area (Å²) in [6.07, 6.45) is -0.549. The summed E-state index contributed by atoms with van der Waals surface area (Å²) in [5.74, 6) is 0. The Morgan fingerprint density at radius 3 is 1.95 bits per heavy atom. The number of hydrogen-bond acceptors (Lipinski definition) is 6. The van der Waals surface area contributed by atoms with E-state index in [4.69, 9.17) is 33.9 Å². The Labute approximate surface area is 131 Å². The van der Waals surface area contributed by atoms with Gasteiger partial charge in [-0.3, -0.25) is 4.90 Å². The van der Waals surface area contributed by atoms with E-state index in [0.717, 1.165) is 0 Å². The van der Waals surface area contributed by atoms with Crippen LogP contribution >= 0.6 is 37.1 Å². The van der Waals surface area contributed by atoms with Gasteiger partial charge in [0, 0.05) is 26.6 Å². The predicted molar refractivity (Wildman–Crippen MR) is 89.1 cm³/mol. The molecule has 0 aromatic rings. The molecule has 112 valence electrons. The first-order chi connectivity index (χ1) is 8.70. The zero-order chi connectivity index (χ0) is 15.0. The van der Waals surface area contributed by atoms with Crippen LogP contribution < -0.4 is 0 Å².